The maximum Gasteiger partial charge on any atom is 0.239 e. The van der Waals surface area contributed by atoms with Gasteiger partial charge in [0, 0.05) is 5.69 Å². The highest BCUT2D eigenvalue weighted by Crippen LogP contribution is 2.20. The van der Waals surface area contributed by atoms with Crippen LogP contribution in [0.1, 0.15) is 5.56 Å². The van der Waals surface area contributed by atoms with Crippen LogP contribution in [0, 0.1) is 5.82 Å². The molecule has 3 N–H and O–H groups in total. The van der Waals surface area contributed by atoms with Crippen molar-refractivity contribution in [1.82, 2.24) is 5.32 Å². The number of carbonyl (C=O) groups excluding carboxylic acids is 2. The Kier molecular flexibility index (Phi) is 7.99. The number of hydrogen-bond acceptors (Lipinski definition) is 4. The average Bonchev–Trinajstić information content (AvgIpc) is 2.78. The highest BCUT2D eigenvalue weighted by molar-refractivity contribution is 5.93. The number of halogens is 1. The van der Waals surface area contributed by atoms with Crippen molar-refractivity contribution in [2.45, 2.75) is 6.42 Å². The van der Waals surface area contributed by atoms with E-state index >= 15 is 0 Å². The number of para-hydroxylation sites is 1. The number of hydrogen-bond donors (Lipinski definition) is 3. The van der Waals surface area contributed by atoms with Crippen LogP contribution in [-0.4, -0.2) is 31.5 Å². The molecule has 0 spiro atoms. The van der Waals surface area contributed by atoms with E-state index in [1.54, 1.807) is 0 Å². The Labute approximate surface area is 180 Å². The molecule has 31 heavy (non-hydrogen) atoms. The predicted octanol–water partition coefficient (Wildman–Crippen LogP) is 3.61. The number of anilines is 2. The van der Waals surface area contributed by atoms with Crippen molar-refractivity contribution in [3.05, 3.63) is 90.2 Å². The Morgan fingerprint density at radius 2 is 1.58 bits per heavy atom. The molecule has 0 fully saturated rings. The standard InChI is InChI=1S/C24H24FN3O3/c25-21-12-11-19(16-22(21)28-23(29)15-18-7-3-1-4-8-18)27-17-24(30)26-13-14-31-20-9-5-2-6-10-20/h1-12,16,27H,13-15,17H2,(H,26,30)(H,28,29). The van der Waals surface area contributed by atoms with E-state index in [1.165, 1.54) is 18.2 Å². The van der Waals surface area contributed by atoms with E-state index in [0.29, 0.717) is 18.8 Å². The number of rotatable bonds is 10. The Hall–Kier alpha value is -3.87. The molecule has 3 aromatic rings. The number of carbonyl (C=O) groups is 2. The average molecular weight is 421 g/mol. The summed E-state index contributed by atoms with van der Waals surface area (Å²) in [5, 5.41) is 8.23. The van der Waals surface area contributed by atoms with Gasteiger partial charge in [-0.3, -0.25) is 9.59 Å². The lowest BCUT2D eigenvalue weighted by Gasteiger charge is -2.11. The minimum Gasteiger partial charge on any atom is -0.492 e. The van der Waals surface area contributed by atoms with E-state index < -0.39 is 5.82 Å². The van der Waals surface area contributed by atoms with Gasteiger partial charge in [0.1, 0.15) is 18.2 Å². The van der Waals surface area contributed by atoms with Crippen molar-refractivity contribution in [3.63, 3.8) is 0 Å². The Balaban J connectivity index is 1.42. The maximum absolute atomic E-state index is 14.1. The monoisotopic (exact) mass is 421 g/mol. The van der Waals surface area contributed by atoms with Crippen LogP contribution in [-0.2, 0) is 16.0 Å². The van der Waals surface area contributed by atoms with Crippen LogP contribution in [0.5, 0.6) is 5.75 Å². The fourth-order valence-corrected chi connectivity index (χ4v) is 2.83. The van der Waals surface area contributed by atoms with Gasteiger partial charge in [-0.1, -0.05) is 48.5 Å². The molecule has 0 aliphatic carbocycles. The van der Waals surface area contributed by atoms with Gasteiger partial charge in [-0.25, -0.2) is 4.39 Å². The van der Waals surface area contributed by atoms with E-state index in [4.69, 9.17) is 4.74 Å². The van der Waals surface area contributed by atoms with Gasteiger partial charge < -0.3 is 20.7 Å². The van der Waals surface area contributed by atoms with Gasteiger partial charge in [-0.05, 0) is 35.9 Å². The lowest BCUT2D eigenvalue weighted by molar-refractivity contribution is -0.119. The van der Waals surface area contributed by atoms with E-state index in [2.05, 4.69) is 16.0 Å². The van der Waals surface area contributed by atoms with Crippen molar-refractivity contribution in [1.29, 1.82) is 0 Å². The smallest absolute Gasteiger partial charge is 0.239 e. The van der Waals surface area contributed by atoms with E-state index in [0.717, 1.165) is 11.3 Å². The molecule has 7 heteroatoms. The molecule has 0 radical (unpaired) electrons. The molecule has 0 aliphatic rings. The van der Waals surface area contributed by atoms with Gasteiger partial charge in [-0.15, -0.1) is 0 Å². The summed E-state index contributed by atoms with van der Waals surface area (Å²) in [5.41, 5.74) is 1.41. The zero-order valence-corrected chi connectivity index (χ0v) is 16.9. The molecule has 6 nitrogen and oxygen atoms in total. The molecule has 3 rings (SSSR count). The number of nitrogens with one attached hydrogen (secondary N) is 3. The van der Waals surface area contributed by atoms with Gasteiger partial charge in [0.05, 0.1) is 25.2 Å². The summed E-state index contributed by atoms with van der Waals surface area (Å²) in [5.74, 6) is -0.355. The van der Waals surface area contributed by atoms with Crippen LogP contribution in [0.2, 0.25) is 0 Å². The van der Waals surface area contributed by atoms with Crippen LogP contribution in [0.3, 0.4) is 0 Å². The SMILES string of the molecule is O=C(CNc1ccc(F)c(NC(=O)Cc2ccccc2)c1)NCCOc1ccccc1. The predicted molar refractivity (Wildman–Crippen MR) is 119 cm³/mol. The van der Waals surface area contributed by atoms with Crippen LogP contribution >= 0.6 is 0 Å². The first-order valence-electron chi connectivity index (χ1n) is 9.92. The summed E-state index contributed by atoms with van der Waals surface area (Å²) in [6.07, 6.45) is 0.144. The second-order valence-corrected chi connectivity index (χ2v) is 6.77. The Morgan fingerprint density at radius 1 is 0.871 bits per heavy atom. The Morgan fingerprint density at radius 3 is 2.32 bits per heavy atom. The summed E-state index contributed by atoms with van der Waals surface area (Å²) in [7, 11) is 0. The first-order chi connectivity index (χ1) is 15.1. The van der Waals surface area contributed by atoms with Gasteiger partial charge >= 0.3 is 0 Å². The minimum atomic E-state index is -0.547. The van der Waals surface area contributed by atoms with E-state index in [-0.39, 0.29) is 30.5 Å². The third-order valence-electron chi connectivity index (χ3n) is 4.34. The third-order valence-corrected chi connectivity index (χ3v) is 4.34. The van der Waals surface area contributed by atoms with E-state index in [9.17, 15) is 14.0 Å². The highest BCUT2D eigenvalue weighted by atomic mass is 19.1. The number of amides is 2. The molecule has 0 saturated carbocycles. The van der Waals surface area contributed by atoms with Crippen LogP contribution < -0.4 is 20.7 Å². The van der Waals surface area contributed by atoms with Gasteiger partial charge in [-0.2, -0.15) is 0 Å². The summed E-state index contributed by atoms with van der Waals surface area (Å²) in [6.45, 7) is 0.720. The fourth-order valence-electron chi connectivity index (χ4n) is 2.83. The van der Waals surface area contributed by atoms with Crippen molar-refractivity contribution < 1.29 is 18.7 Å². The molecule has 0 bridgehead atoms. The molecule has 2 amide bonds. The topological polar surface area (TPSA) is 79.5 Å². The number of benzene rings is 3. The molecule has 160 valence electrons. The van der Waals surface area contributed by atoms with E-state index in [1.807, 2.05) is 60.7 Å². The third kappa shape index (κ3) is 7.47. The molecule has 0 aliphatic heterocycles. The summed E-state index contributed by atoms with van der Waals surface area (Å²) in [4.78, 5) is 24.2. The highest BCUT2D eigenvalue weighted by Gasteiger charge is 2.10. The fraction of sp³-hybridized carbons (Fsp3) is 0.167. The molecule has 3 aromatic carbocycles. The molecule has 0 saturated heterocycles. The second-order valence-electron chi connectivity index (χ2n) is 6.77. The van der Waals surface area contributed by atoms with Gasteiger partial charge in [0.2, 0.25) is 11.8 Å². The first kappa shape index (κ1) is 21.8. The van der Waals surface area contributed by atoms with Crippen LogP contribution in [0.15, 0.2) is 78.9 Å². The Bertz CT molecular complexity index is 997. The lowest BCUT2D eigenvalue weighted by atomic mass is 10.1. The summed E-state index contributed by atoms with van der Waals surface area (Å²) >= 11 is 0. The molecular weight excluding hydrogens is 397 g/mol. The molecule has 0 aromatic heterocycles. The van der Waals surface area contributed by atoms with Crippen LogP contribution in [0.4, 0.5) is 15.8 Å². The summed E-state index contributed by atoms with van der Waals surface area (Å²) in [6, 6.07) is 22.7. The summed E-state index contributed by atoms with van der Waals surface area (Å²) < 4.78 is 19.6. The normalized spacial score (nSPS) is 10.2. The van der Waals surface area contributed by atoms with Gasteiger partial charge in [0.25, 0.3) is 0 Å². The van der Waals surface area contributed by atoms with Gasteiger partial charge in [0.15, 0.2) is 0 Å². The zero-order chi connectivity index (χ0) is 21.9. The van der Waals surface area contributed by atoms with Crippen molar-refractivity contribution in [2.75, 3.05) is 30.3 Å². The first-order valence-corrected chi connectivity index (χ1v) is 9.92. The largest absolute Gasteiger partial charge is 0.492 e. The second kappa shape index (κ2) is 11.3. The minimum absolute atomic E-state index is 0.00830. The molecule has 0 unspecified atom stereocenters. The molecular formula is C24H24FN3O3. The molecule has 0 heterocycles. The van der Waals surface area contributed by atoms with Crippen molar-refractivity contribution >= 4 is 23.2 Å². The molecule has 0 atom stereocenters. The zero-order valence-electron chi connectivity index (χ0n) is 16.9. The quantitative estimate of drug-likeness (QED) is 0.437. The van der Waals surface area contributed by atoms with Crippen molar-refractivity contribution in [2.24, 2.45) is 0 Å². The number of ether oxygens (including phenoxy) is 1. The maximum atomic E-state index is 14.1. The lowest BCUT2D eigenvalue weighted by Crippen LogP contribution is -2.33. The van der Waals surface area contributed by atoms with Crippen molar-refractivity contribution in [3.8, 4) is 5.75 Å². The van der Waals surface area contributed by atoms with Crippen LogP contribution in [0.25, 0.3) is 0 Å².